The van der Waals surface area contributed by atoms with E-state index in [-0.39, 0.29) is 24.7 Å². The number of hydrogen-bond donors (Lipinski definition) is 2. The summed E-state index contributed by atoms with van der Waals surface area (Å²) in [4.78, 5) is 11.9. The molecule has 1 rings (SSSR count). The van der Waals surface area contributed by atoms with Gasteiger partial charge in [0, 0.05) is 12.0 Å². The molecule has 0 atom stereocenters. The number of carbonyl (C=O) groups is 1. The Bertz CT molecular complexity index is 547. The molecule has 21 heavy (non-hydrogen) atoms. The van der Waals surface area contributed by atoms with Crippen molar-refractivity contribution in [3.63, 3.8) is 0 Å². The Morgan fingerprint density at radius 2 is 2.10 bits per heavy atom. The van der Waals surface area contributed by atoms with E-state index < -0.39 is 0 Å². The number of anilines is 1. The molecule has 0 unspecified atom stereocenters. The van der Waals surface area contributed by atoms with Crippen molar-refractivity contribution in [1.82, 2.24) is 0 Å². The Kier molecular flexibility index (Phi) is 6.41. The predicted molar refractivity (Wildman–Crippen MR) is 84.1 cm³/mol. The number of aliphatic hydroxyl groups excluding tert-OH is 1. The maximum absolute atomic E-state index is 11.9. The average molecular weight is 289 g/mol. The van der Waals surface area contributed by atoms with E-state index in [1.165, 1.54) is 0 Å². The van der Waals surface area contributed by atoms with Gasteiger partial charge in [-0.2, -0.15) is 0 Å². The van der Waals surface area contributed by atoms with Crippen LogP contribution in [0.2, 0.25) is 0 Å². The summed E-state index contributed by atoms with van der Waals surface area (Å²) in [5, 5.41) is 11.6. The Balaban J connectivity index is 2.79. The summed E-state index contributed by atoms with van der Waals surface area (Å²) >= 11 is 0. The quantitative estimate of drug-likeness (QED) is 0.837. The Morgan fingerprint density at radius 3 is 2.71 bits per heavy atom. The van der Waals surface area contributed by atoms with Gasteiger partial charge in [-0.25, -0.2) is 0 Å². The second-order valence-electron chi connectivity index (χ2n) is 5.77. The van der Waals surface area contributed by atoms with Gasteiger partial charge in [0.2, 0.25) is 5.91 Å². The lowest BCUT2D eigenvalue weighted by atomic mass is 10.1. The summed E-state index contributed by atoms with van der Waals surface area (Å²) in [6.07, 6.45) is 0.411. The van der Waals surface area contributed by atoms with Gasteiger partial charge in [0.05, 0.1) is 17.9 Å². The molecule has 1 aromatic carbocycles. The topological polar surface area (TPSA) is 58.6 Å². The maximum atomic E-state index is 11.9. The van der Waals surface area contributed by atoms with Crippen molar-refractivity contribution in [1.29, 1.82) is 0 Å². The molecule has 0 aliphatic rings. The number of rotatable bonds is 4. The highest BCUT2D eigenvalue weighted by atomic mass is 16.5. The van der Waals surface area contributed by atoms with Gasteiger partial charge in [-0.3, -0.25) is 4.79 Å². The van der Waals surface area contributed by atoms with Crippen molar-refractivity contribution in [3.05, 3.63) is 29.3 Å². The zero-order valence-electron chi connectivity index (χ0n) is 13.1. The van der Waals surface area contributed by atoms with E-state index in [1.807, 2.05) is 45.9 Å². The van der Waals surface area contributed by atoms with Gasteiger partial charge < -0.3 is 15.2 Å². The van der Waals surface area contributed by atoms with Gasteiger partial charge in [0.1, 0.15) is 6.61 Å². The summed E-state index contributed by atoms with van der Waals surface area (Å²) in [5.74, 6) is 5.60. The third-order valence-corrected chi connectivity index (χ3v) is 2.55. The van der Waals surface area contributed by atoms with E-state index in [4.69, 9.17) is 9.84 Å². The average Bonchev–Trinajstić information content (AvgIpc) is 2.38. The maximum Gasteiger partial charge on any atom is 0.250 e. The third kappa shape index (κ3) is 6.94. The molecule has 4 heteroatoms. The minimum absolute atomic E-state index is 0.000943. The monoisotopic (exact) mass is 289 g/mol. The van der Waals surface area contributed by atoms with Crippen molar-refractivity contribution in [2.45, 2.75) is 39.7 Å². The molecule has 1 amide bonds. The molecule has 1 aromatic rings. The second kappa shape index (κ2) is 7.82. The van der Waals surface area contributed by atoms with E-state index in [9.17, 15) is 4.79 Å². The highest BCUT2D eigenvalue weighted by Crippen LogP contribution is 2.17. The molecular weight excluding hydrogens is 266 g/mol. The number of aryl methyl sites for hydroxylation is 1. The van der Waals surface area contributed by atoms with Gasteiger partial charge >= 0.3 is 0 Å². The third-order valence-electron chi connectivity index (χ3n) is 2.55. The standard InChI is InChI=1S/C17H23NO3/c1-13-8-9-14(7-5-6-10-19)15(11-13)18-16(20)12-21-17(2,3)4/h8-9,11,19H,6,10,12H2,1-4H3,(H,18,20). The molecule has 2 N–H and O–H groups in total. The van der Waals surface area contributed by atoms with Crippen molar-refractivity contribution >= 4 is 11.6 Å². The molecule has 114 valence electrons. The van der Waals surface area contributed by atoms with Gasteiger partial charge in [0.25, 0.3) is 0 Å². The lowest BCUT2D eigenvalue weighted by Crippen LogP contribution is -2.27. The molecule has 0 aromatic heterocycles. The van der Waals surface area contributed by atoms with E-state index in [0.717, 1.165) is 11.1 Å². The highest BCUT2D eigenvalue weighted by molar-refractivity contribution is 5.93. The number of aliphatic hydroxyl groups is 1. The van der Waals surface area contributed by atoms with Crippen molar-refractivity contribution < 1.29 is 14.6 Å². The molecule has 4 nitrogen and oxygen atoms in total. The van der Waals surface area contributed by atoms with E-state index >= 15 is 0 Å². The van der Waals surface area contributed by atoms with Crippen LogP contribution in [0.15, 0.2) is 18.2 Å². The van der Waals surface area contributed by atoms with Crippen LogP contribution < -0.4 is 5.32 Å². The SMILES string of the molecule is Cc1ccc(C#CCCO)c(NC(=O)COC(C)(C)C)c1. The van der Waals surface area contributed by atoms with Crippen LogP contribution >= 0.6 is 0 Å². The van der Waals surface area contributed by atoms with E-state index in [1.54, 1.807) is 0 Å². The minimum atomic E-state index is -0.353. The Hall–Kier alpha value is -1.83. The van der Waals surface area contributed by atoms with Crippen molar-refractivity contribution in [2.75, 3.05) is 18.5 Å². The van der Waals surface area contributed by atoms with Crippen molar-refractivity contribution in [3.8, 4) is 11.8 Å². The molecule has 0 aliphatic heterocycles. The first-order valence-corrected chi connectivity index (χ1v) is 6.96. The second-order valence-corrected chi connectivity index (χ2v) is 5.77. The highest BCUT2D eigenvalue weighted by Gasteiger charge is 2.13. The van der Waals surface area contributed by atoms with E-state index in [0.29, 0.717) is 12.1 Å². The molecule has 0 radical (unpaired) electrons. The summed E-state index contributed by atoms with van der Waals surface area (Å²) in [6.45, 7) is 7.68. The summed E-state index contributed by atoms with van der Waals surface area (Å²) in [6, 6.07) is 5.67. The van der Waals surface area contributed by atoms with Crippen LogP contribution in [0, 0.1) is 18.8 Å². The first kappa shape index (κ1) is 17.2. The molecule has 0 bridgehead atoms. The van der Waals surface area contributed by atoms with Gasteiger partial charge in [-0.05, 0) is 45.4 Å². The Labute approximate surface area is 126 Å². The number of hydrogen-bond acceptors (Lipinski definition) is 3. The fraction of sp³-hybridized carbons (Fsp3) is 0.471. The molecule has 0 saturated carbocycles. The zero-order valence-corrected chi connectivity index (χ0v) is 13.1. The van der Waals surface area contributed by atoms with Crippen LogP contribution in [-0.2, 0) is 9.53 Å². The lowest BCUT2D eigenvalue weighted by molar-refractivity contribution is -0.125. The fourth-order valence-corrected chi connectivity index (χ4v) is 1.55. The number of benzene rings is 1. The first-order valence-electron chi connectivity index (χ1n) is 6.96. The molecule has 0 fully saturated rings. The molecule has 0 saturated heterocycles. The Morgan fingerprint density at radius 1 is 1.38 bits per heavy atom. The first-order chi connectivity index (χ1) is 9.81. The zero-order chi connectivity index (χ0) is 15.9. The smallest absolute Gasteiger partial charge is 0.250 e. The summed E-state index contributed by atoms with van der Waals surface area (Å²) in [5.41, 5.74) is 2.09. The van der Waals surface area contributed by atoms with Crippen LogP contribution in [0.4, 0.5) is 5.69 Å². The van der Waals surface area contributed by atoms with Gasteiger partial charge in [-0.15, -0.1) is 0 Å². The van der Waals surface area contributed by atoms with Gasteiger partial charge in [-0.1, -0.05) is 17.9 Å². The lowest BCUT2D eigenvalue weighted by Gasteiger charge is -2.19. The summed E-state index contributed by atoms with van der Waals surface area (Å²) < 4.78 is 5.45. The molecular formula is C17H23NO3. The molecule has 0 heterocycles. The van der Waals surface area contributed by atoms with Crippen LogP contribution in [0.5, 0.6) is 0 Å². The number of amides is 1. The van der Waals surface area contributed by atoms with Crippen LogP contribution in [0.1, 0.15) is 38.3 Å². The fourth-order valence-electron chi connectivity index (χ4n) is 1.55. The number of ether oxygens (including phenoxy) is 1. The number of nitrogens with one attached hydrogen (secondary N) is 1. The molecule has 0 spiro atoms. The largest absolute Gasteiger partial charge is 0.395 e. The minimum Gasteiger partial charge on any atom is -0.395 e. The normalized spacial score (nSPS) is 10.7. The van der Waals surface area contributed by atoms with E-state index in [2.05, 4.69) is 17.2 Å². The van der Waals surface area contributed by atoms with Crippen LogP contribution in [-0.4, -0.2) is 29.8 Å². The van der Waals surface area contributed by atoms with Gasteiger partial charge in [0.15, 0.2) is 0 Å². The molecule has 0 aliphatic carbocycles. The van der Waals surface area contributed by atoms with Crippen LogP contribution in [0.3, 0.4) is 0 Å². The number of carbonyl (C=O) groups excluding carboxylic acids is 1. The van der Waals surface area contributed by atoms with Crippen LogP contribution in [0.25, 0.3) is 0 Å². The van der Waals surface area contributed by atoms with Crippen molar-refractivity contribution in [2.24, 2.45) is 0 Å². The summed E-state index contributed by atoms with van der Waals surface area (Å²) in [7, 11) is 0. The predicted octanol–water partition coefficient (Wildman–Crippen LogP) is 2.48.